The summed E-state index contributed by atoms with van der Waals surface area (Å²) >= 11 is 1.98. The predicted octanol–water partition coefficient (Wildman–Crippen LogP) is -1.34. The Bertz CT molecular complexity index is 6.00. The number of aliphatic hydroxyl groups excluding tert-OH is 1. The Labute approximate surface area is 37.0 Å². The van der Waals surface area contributed by atoms with Gasteiger partial charge in [-0.1, -0.05) is 0 Å². The molecule has 0 aromatic rings. The van der Waals surface area contributed by atoms with E-state index in [9.17, 15) is 0 Å². The fourth-order valence-corrected chi connectivity index (χ4v) is 0. The molecule has 0 saturated carbocycles. The van der Waals surface area contributed by atoms with Crippen molar-refractivity contribution in [3.8, 4) is 0 Å². The monoisotopic (exact) mass is 246 g/mol. The van der Waals surface area contributed by atoms with Crippen LogP contribution in [-0.4, -0.2) is 15.4 Å². The molecule has 0 radical (unpaired) electrons. The number of rotatable bonds is 0. The van der Waals surface area contributed by atoms with Crippen molar-refractivity contribution < 1.29 is 31.6 Å². The van der Waals surface area contributed by atoms with Crippen molar-refractivity contribution in [3.05, 3.63) is 0 Å². The predicted molar refractivity (Wildman–Crippen MR) is 10.7 cm³/mol. The molecule has 0 rings (SSSR count). The van der Waals surface area contributed by atoms with Crippen LogP contribution in [0, 0.1) is 0 Å². The van der Waals surface area contributed by atoms with E-state index in [0.717, 1.165) is 0 Å². The van der Waals surface area contributed by atoms with Gasteiger partial charge in [-0.2, -0.15) is 0 Å². The third-order valence-corrected chi connectivity index (χ3v) is 0. The Balaban J connectivity index is 0. The van der Waals surface area contributed by atoms with Gasteiger partial charge in [0.1, 0.15) is 0 Å². The molecular weight excluding hydrogens is 241 g/mol. The van der Waals surface area contributed by atoms with E-state index in [4.69, 9.17) is 5.11 Å². The molecule has 0 heterocycles. The fraction of sp³-hybridized carbons (Fsp3) is 1.00. The van der Waals surface area contributed by atoms with E-state index in [2.05, 4.69) is 0 Å². The summed E-state index contributed by atoms with van der Waals surface area (Å²) in [6.07, 6.45) is 0. The van der Waals surface area contributed by atoms with Gasteiger partial charge in [-0.25, -0.2) is 0 Å². The number of hydrogen-bond acceptors (Lipinski definition) is 1. The molecule has 32 valence electrons. The van der Waals surface area contributed by atoms with Crippen molar-refractivity contribution in [2.24, 2.45) is 0 Å². The van der Waals surface area contributed by atoms with Crippen LogP contribution in [0.4, 0.5) is 0 Å². The average molecular weight is 246 g/mol. The first-order valence-electron chi connectivity index (χ1n) is 0.529. The molecule has 0 bridgehead atoms. The average Bonchev–Trinajstić information content (AvgIpc) is 0.918. The Hall–Kier alpha value is 0.660. The zero-order valence-corrected chi connectivity index (χ0v) is 4.12. The fourth-order valence-electron chi connectivity index (χ4n) is 0. The van der Waals surface area contributed by atoms with Crippen LogP contribution in [0.1, 0.15) is 0 Å². The molecule has 0 fully saturated rings. The van der Waals surface area contributed by atoms with E-state index in [1.54, 1.807) is 0 Å². The molecule has 0 atom stereocenters. The molecule has 0 aromatic carbocycles. The molecule has 3 N–H and O–H groups in total. The topological polar surface area (TPSA) is 51.7 Å². The van der Waals surface area contributed by atoms with Gasteiger partial charge in [-0.3, -0.25) is 0 Å². The van der Waals surface area contributed by atoms with Crippen LogP contribution in [0.25, 0.3) is 0 Å². The normalized spacial score (nSPS) is 4.75. The summed E-state index contributed by atoms with van der Waals surface area (Å²) in [5.74, 6) is 0. The van der Waals surface area contributed by atoms with Crippen molar-refractivity contribution in [3.63, 3.8) is 0 Å². The first-order valence-corrected chi connectivity index (χ1v) is 2.06. The molecule has 4 heavy (non-hydrogen) atoms. The summed E-state index contributed by atoms with van der Waals surface area (Å²) < 4.78 is 0. The molecule has 0 unspecified atom stereocenters. The van der Waals surface area contributed by atoms with Gasteiger partial charge in [0.05, 0.1) is 0 Å². The van der Waals surface area contributed by atoms with E-state index in [0.29, 0.717) is 0 Å². The Morgan fingerprint density at radius 3 is 1.75 bits per heavy atom. The van der Waals surface area contributed by atoms with Gasteiger partial charge < -0.3 is 5.48 Å². The van der Waals surface area contributed by atoms with E-state index in [1.807, 2.05) is 21.1 Å². The van der Waals surface area contributed by atoms with Crippen LogP contribution in [-0.2, 0) is 21.1 Å². The molecule has 0 aromatic heterocycles. The van der Waals surface area contributed by atoms with Crippen molar-refractivity contribution >= 4 is 0 Å². The van der Waals surface area contributed by atoms with Crippen molar-refractivity contribution in [1.82, 2.24) is 0 Å². The maximum absolute atomic E-state index is 7.54. The van der Waals surface area contributed by atoms with Crippen LogP contribution < -0.4 is 0 Å². The first kappa shape index (κ1) is 8.82. The maximum atomic E-state index is 7.54. The zero-order valence-electron chi connectivity index (χ0n) is 1.96. The Morgan fingerprint density at radius 1 is 1.75 bits per heavy atom. The van der Waals surface area contributed by atoms with E-state index >= 15 is 0 Å². The number of hydrogen-bond donors (Lipinski definition) is 1. The van der Waals surface area contributed by atoms with Gasteiger partial charge in [-0.15, -0.1) is 0 Å². The summed E-state index contributed by atoms with van der Waals surface area (Å²) in [6, 6.07) is 0. The van der Waals surface area contributed by atoms with Crippen LogP contribution in [0.3, 0.4) is 0 Å². The zero-order chi connectivity index (χ0) is 2.71. The molecule has 0 aliphatic rings. The van der Waals surface area contributed by atoms with Crippen molar-refractivity contribution in [2.75, 3.05) is 4.82 Å². The van der Waals surface area contributed by atoms with Gasteiger partial charge >= 0.3 is 31.0 Å². The van der Waals surface area contributed by atoms with Crippen molar-refractivity contribution in [1.29, 1.82) is 0 Å². The quantitative estimate of drug-likeness (QED) is 0.528. The molecule has 0 aliphatic carbocycles. The minimum atomic E-state index is 0. The molecule has 0 spiro atoms. The minimum absolute atomic E-state index is 0. The molecule has 0 saturated heterocycles. The van der Waals surface area contributed by atoms with E-state index in [-0.39, 0.29) is 10.3 Å². The van der Waals surface area contributed by atoms with Crippen LogP contribution in [0.2, 0.25) is 0 Å². The third kappa shape index (κ3) is 16.8. The van der Waals surface area contributed by atoms with Gasteiger partial charge in [-0.05, 0) is 0 Å². The molecular formula is CH5AuO2. The standard InChI is InChI=1S/CH3O.Au.H2O/c1-2;;/h2H,1H2;;1H2. The molecule has 3 heteroatoms. The summed E-state index contributed by atoms with van der Waals surface area (Å²) in [5.41, 5.74) is 0. The van der Waals surface area contributed by atoms with Crippen LogP contribution in [0.5, 0.6) is 0 Å². The van der Waals surface area contributed by atoms with Crippen LogP contribution >= 0.6 is 0 Å². The molecule has 2 nitrogen and oxygen atoms in total. The van der Waals surface area contributed by atoms with Crippen molar-refractivity contribution in [2.45, 2.75) is 0 Å². The second-order valence-electron chi connectivity index (χ2n) is 0.0953. The van der Waals surface area contributed by atoms with Gasteiger partial charge in [0, 0.05) is 0 Å². The third-order valence-electron chi connectivity index (χ3n) is 0. The van der Waals surface area contributed by atoms with Gasteiger partial charge in [0.25, 0.3) is 0 Å². The molecule has 0 amide bonds. The molecule has 0 aliphatic heterocycles. The van der Waals surface area contributed by atoms with E-state index < -0.39 is 0 Å². The van der Waals surface area contributed by atoms with Gasteiger partial charge in [0.2, 0.25) is 0 Å². The summed E-state index contributed by atoms with van der Waals surface area (Å²) in [7, 11) is 0. The Morgan fingerprint density at radius 2 is 1.75 bits per heavy atom. The Kier molecular flexibility index (Phi) is 20.7. The SMILES string of the molecule is O.O[CH2][Au]. The van der Waals surface area contributed by atoms with Gasteiger partial charge in [0.15, 0.2) is 0 Å². The summed E-state index contributed by atoms with van der Waals surface area (Å²) in [6.45, 7) is 0. The first-order chi connectivity index (χ1) is 1.41. The summed E-state index contributed by atoms with van der Waals surface area (Å²) in [4.78, 5) is 0.194. The second kappa shape index (κ2) is 9.40. The summed E-state index contributed by atoms with van der Waals surface area (Å²) in [5, 5.41) is 7.54. The number of aliphatic hydroxyl groups is 1. The van der Waals surface area contributed by atoms with Crippen LogP contribution in [0.15, 0.2) is 0 Å². The second-order valence-corrected chi connectivity index (χ2v) is 0.780. The van der Waals surface area contributed by atoms with E-state index in [1.165, 1.54) is 0 Å².